The Kier molecular flexibility index (Phi) is 10.8. The molecule has 62 heavy (non-hydrogen) atoms. The monoisotopic (exact) mass is 836 g/mol. The van der Waals surface area contributed by atoms with Crippen LogP contribution in [0.5, 0.6) is 0 Å². The number of fused-ring (bicyclic) bond motifs is 2. The van der Waals surface area contributed by atoms with Crippen molar-refractivity contribution in [1.82, 2.24) is 35.1 Å². The Morgan fingerprint density at radius 3 is 1.97 bits per heavy atom. The van der Waals surface area contributed by atoms with E-state index in [9.17, 15) is 14.4 Å². The first-order chi connectivity index (χ1) is 30.4. The van der Waals surface area contributed by atoms with E-state index in [0.717, 1.165) is 91.1 Å². The Labute approximate surface area is 360 Å². The number of piperidine rings is 2. The van der Waals surface area contributed by atoms with Crippen LogP contribution in [0.3, 0.4) is 0 Å². The molecule has 3 aliphatic carbocycles. The Morgan fingerprint density at radius 1 is 0.726 bits per heavy atom. The number of aliphatic imine (C=N–C) groups is 1. The van der Waals surface area contributed by atoms with Gasteiger partial charge in [-0.25, -0.2) is 19.8 Å². The van der Waals surface area contributed by atoms with E-state index in [-0.39, 0.29) is 36.0 Å². The summed E-state index contributed by atoms with van der Waals surface area (Å²) in [5.41, 5.74) is 5.97. The van der Waals surface area contributed by atoms with Gasteiger partial charge in [0.15, 0.2) is 6.04 Å². The summed E-state index contributed by atoms with van der Waals surface area (Å²) in [4.78, 5) is 75.6. The largest absolute Gasteiger partial charge is 0.453 e. The van der Waals surface area contributed by atoms with Crippen LogP contribution in [0.1, 0.15) is 121 Å². The van der Waals surface area contributed by atoms with Gasteiger partial charge in [-0.3, -0.25) is 9.59 Å². The highest BCUT2D eigenvalue weighted by Crippen LogP contribution is 2.55. The van der Waals surface area contributed by atoms with Crippen molar-refractivity contribution in [2.24, 2.45) is 16.8 Å². The van der Waals surface area contributed by atoms with Gasteiger partial charge in [0.05, 0.1) is 38.2 Å². The molecule has 5 aromatic rings. The molecule has 2 saturated heterocycles. The number of nitrogens with zero attached hydrogens (tertiary/aromatic N) is 5. The maximum Gasteiger partial charge on any atom is 0.407 e. The van der Waals surface area contributed by atoms with Crippen molar-refractivity contribution in [2.75, 3.05) is 14.2 Å². The molecule has 3 saturated carbocycles. The Balaban J connectivity index is 0.772. The topological polar surface area (TPSA) is 167 Å². The van der Waals surface area contributed by atoms with Crippen LogP contribution >= 0.6 is 0 Å². The molecule has 2 aliphatic heterocycles. The molecule has 14 heteroatoms. The van der Waals surface area contributed by atoms with Gasteiger partial charge in [0.2, 0.25) is 6.40 Å². The minimum absolute atomic E-state index is 0.0699. The summed E-state index contributed by atoms with van der Waals surface area (Å²) in [6.07, 6.45) is 12.3. The summed E-state index contributed by atoms with van der Waals surface area (Å²) in [6, 6.07) is 26.2. The summed E-state index contributed by atoms with van der Waals surface area (Å²) in [5.74, 6) is 3.17. The Bertz CT molecular complexity index is 2410. The molecule has 5 aliphatic rings. The second-order valence-electron chi connectivity index (χ2n) is 17.5. The molecule has 0 spiro atoms. The fourth-order valence-electron chi connectivity index (χ4n) is 10.5. The Hall–Kier alpha value is -6.28. The molecule has 4 heterocycles. The van der Waals surface area contributed by atoms with Gasteiger partial charge in [-0.15, -0.1) is 0 Å². The standard InChI is InChI=1S/C48H52N8O6/c1-60-48(59)54-43(33-11-7-4-8-12-33)47(58)56-39-22-35(39)24-41(56)45-50-26-37(53-45)31-19-15-29(16-20-31)28-13-17-30(18-14-28)36-25-49-44(52-36)40-23-34-21-38(34)55(40)46(57)42(51-27-62-61-2)32-9-5-3-6-10-32/h3-14,17-18,25-27,29,31,34-35,38-43H,15-16,19-24H2,1-2H3,(H,49,52)(H,50,53)(H,54,59)/b51-27-/t29-,31-,34-,35-,38-,39-,40+,41+,42-,43-/m1/s1. The summed E-state index contributed by atoms with van der Waals surface area (Å²) in [7, 11) is 2.71. The molecule has 10 rings (SSSR count). The number of H-pyrrole nitrogens is 2. The third-order valence-corrected chi connectivity index (χ3v) is 13.9. The highest BCUT2D eigenvalue weighted by atomic mass is 17.2. The number of alkyl carbamates (subject to hydrolysis) is 1. The van der Waals surface area contributed by atoms with Crippen LogP contribution in [0, 0.1) is 11.8 Å². The molecular formula is C48H52N8O6. The SMILES string of the molecule is COO/C=N\[C@@H](C(=O)N1[C@@H]2C[C@@H]2C[C@H]1c1ncc(-c2ccc([C@H]3CC[C@H](c4cnc([C@@H]5C[C@H]6C[C@H]6N5C(=O)[C@H](NC(=O)OC)c5ccccc5)[nH]4)CC3)cc2)[nH]1)c1ccccc1. The number of rotatable bonds is 13. The molecule has 2 aromatic heterocycles. The van der Waals surface area contributed by atoms with Gasteiger partial charge in [0.25, 0.3) is 11.8 Å². The van der Waals surface area contributed by atoms with Gasteiger partial charge in [-0.1, -0.05) is 84.9 Å². The predicted molar refractivity (Wildman–Crippen MR) is 229 cm³/mol. The van der Waals surface area contributed by atoms with E-state index in [1.807, 2.05) is 82.9 Å². The van der Waals surface area contributed by atoms with Gasteiger partial charge < -0.3 is 34.7 Å². The van der Waals surface area contributed by atoms with Crippen LogP contribution in [0.15, 0.2) is 102 Å². The lowest BCUT2D eigenvalue weighted by atomic mass is 9.77. The number of carbonyl (C=O) groups is 3. The average Bonchev–Trinajstić information content (AvgIpc) is 3.90. The van der Waals surface area contributed by atoms with E-state index in [1.54, 1.807) is 0 Å². The average molecular weight is 837 g/mol. The highest BCUT2D eigenvalue weighted by molar-refractivity contribution is 5.88. The van der Waals surface area contributed by atoms with Gasteiger partial charge >= 0.3 is 6.09 Å². The number of methoxy groups -OCH3 is 1. The summed E-state index contributed by atoms with van der Waals surface area (Å²) in [5, 5.41) is 2.78. The number of likely N-dealkylation sites (tertiary alicyclic amines) is 2. The van der Waals surface area contributed by atoms with Crippen LogP contribution < -0.4 is 5.32 Å². The molecule has 8 atom stereocenters. The Morgan fingerprint density at radius 2 is 1.32 bits per heavy atom. The number of hydrogen-bond acceptors (Lipinski definition) is 9. The fourth-order valence-corrected chi connectivity index (χ4v) is 10.5. The third kappa shape index (κ3) is 7.76. The van der Waals surface area contributed by atoms with Crippen LogP contribution in [0.25, 0.3) is 11.3 Å². The molecule has 0 radical (unpaired) electrons. The van der Waals surface area contributed by atoms with Crippen molar-refractivity contribution in [2.45, 2.75) is 99.5 Å². The van der Waals surface area contributed by atoms with E-state index in [0.29, 0.717) is 23.7 Å². The maximum absolute atomic E-state index is 14.2. The fraction of sp³-hybridized carbons (Fsp3) is 0.417. The summed E-state index contributed by atoms with van der Waals surface area (Å²) < 4.78 is 4.89. The molecule has 3 amide bonds. The number of carbonyl (C=O) groups excluding carboxylic acids is 3. The lowest BCUT2D eigenvalue weighted by molar-refractivity contribution is -0.188. The number of hydrogen-bond donors (Lipinski definition) is 3. The van der Waals surface area contributed by atoms with E-state index in [2.05, 4.69) is 44.5 Å². The minimum Gasteiger partial charge on any atom is -0.453 e. The summed E-state index contributed by atoms with van der Waals surface area (Å²) >= 11 is 0. The molecule has 14 nitrogen and oxygen atoms in total. The molecular weight excluding hydrogens is 785 g/mol. The first-order valence-electron chi connectivity index (χ1n) is 21.9. The van der Waals surface area contributed by atoms with Crippen LogP contribution in [0.4, 0.5) is 4.79 Å². The van der Waals surface area contributed by atoms with Crippen molar-refractivity contribution in [3.63, 3.8) is 0 Å². The van der Waals surface area contributed by atoms with E-state index in [4.69, 9.17) is 24.5 Å². The zero-order valence-electron chi connectivity index (χ0n) is 34.9. The second kappa shape index (κ2) is 16.9. The quantitative estimate of drug-likeness (QED) is 0.0464. The van der Waals surface area contributed by atoms with Crippen molar-refractivity contribution in [3.8, 4) is 11.3 Å². The zero-order valence-corrected chi connectivity index (χ0v) is 34.9. The second-order valence-corrected chi connectivity index (χ2v) is 17.5. The van der Waals surface area contributed by atoms with Crippen molar-refractivity contribution in [1.29, 1.82) is 0 Å². The predicted octanol–water partition coefficient (Wildman–Crippen LogP) is 8.01. The first-order valence-corrected chi connectivity index (χ1v) is 21.9. The maximum atomic E-state index is 14.2. The van der Waals surface area contributed by atoms with Gasteiger partial charge in [0.1, 0.15) is 17.7 Å². The van der Waals surface area contributed by atoms with E-state index < -0.39 is 18.2 Å². The lowest BCUT2D eigenvalue weighted by Crippen LogP contribution is -2.44. The lowest BCUT2D eigenvalue weighted by Gasteiger charge is -2.31. The van der Waals surface area contributed by atoms with Crippen LogP contribution in [0.2, 0.25) is 0 Å². The smallest absolute Gasteiger partial charge is 0.407 e. The number of aromatic nitrogens is 4. The van der Waals surface area contributed by atoms with Gasteiger partial charge in [-0.2, -0.15) is 4.89 Å². The molecule has 3 N–H and O–H groups in total. The van der Waals surface area contributed by atoms with Gasteiger partial charge in [-0.05, 0) is 91.4 Å². The van der Waals surface area contributed by atoms with Crippen molar-refractivity contribution in [3.05, 3.63) is 131 Å². The van der Waals surface area contributed by atoms with Crippen molar-refractivity contribution >= 4 is 24.3 Å². The number of amides is 3. The number of imidazole rings is 2. The van der Waals surface area contributed by atoms with Crippen molar-refractivity contribution < 1.29 is 28.9 Å². The van der Waals surface area contributed by atoms with E-state index in [1.165, 1.54) is 26.2 Å². The van der Waals surface area contributed by atoms with Crippen LogP contribution in [-0.4, -0.2) is 80.3 Å². The first kappa shape index (κ1) is 39.8. The van der Waals surface area contributed by atoms with Gasteiger partial charge in [0, 0.05) is 29.9 Å². The van der Waals surface area contributed by atoms with Crippen LogP contribution in [-0.2, 0) is 24.1 Å². The molecule has 0 bridgehead atoms. The minimum atomic E-state index is -0.839. The zero-order chi connectivity index (χ0) is 42.3. The number of nitrogens with one attached hydrogen (secondary N) is 3. The number of aromatic amines is 2. The number of ether oxygens (including phenoxy) is 1. The molecule has 5 fully saturated rings. The number of benzene rings is 3. The molecule has 0 unspecified atom stereocenters. The highest BCUT2D eigenvalue weighted by Gasteiger charge is 2.57. The summed E-state index contributed by atoms with van der Waals surface area (Å²) in [6.45, 7) is 0. The normalized spacial score (nSPS) is 27.0. The molecule has 320 valence electrons. The third-order valence-electron chi connectivity index (χ3n) is 13.9. The molecule has 3 aromatic carbocycles. The van der Waals surface area contributed by atoms with E-state index >= 15 is 0 Å².